The van der Waals surface area contributed by atoms with Crippen LogP contribution in [0.5, 0.6) is 0 Å². The van der Waals surface area contributed by atoms with Gasteiger partial charge in [0.1, 0.15) is 4.21 Å². The lowest BCUT2D eigenvalue weighted by molar-refractivity contribution is -0.115. The highest BCUT2D eigenvalue weighted by Gasteiger charge is 2.28. The first-order valence-electron chi connectivity index (χ1n) is 10.1. The molecule has 0 aliphatic carbocycles. The van der Waals surface area contributed by atoms with Gasteiger partial charge in [-0.1, -0.05) is 13.0 Å². The molecule has 2 aromatic rings. The van der Waals surface area contributed by atoms with Gasteiger partial charge in [-0.05, 0) is 56.0 Å². The van der Waals surface area contributed by atoms with E-state index in [4.69, 9.17) is 0 Å². The monoisotopic (exact) mass is 485 g/mol. The topological polar surface area (TPSA) is 113 Å². The predicted octanol–water partition coefficient (Wildman–Crippen LogP) is 3.17. The Hall–Kier alpha value is -1.95. The normalized spacial score (nSPS) is 15.2. The molecule has 8 nitrogen and oxygen atoms in total. The summed E-state index contributed by atoms with van der Waals surface area (Å²) in [5, 5.41) is 2.79. The zero-order valence-electron chi connectivity index (χ0n) is 17.5. The summed E-state index contributed by atoms with van der Waals surface area (Å²) in [7, 11) is -6.93. The molecule has 0 radical (unpaired) electrons. The molecule has 1 amide bonds. The predicted molar refractivity (Wildman–Crippen MR) is 124 cm³/mol. The maximum atomic E-state index is 12.6. The summed E-state index contributed by atoms with van der Waals surface area (Å²) in [4.78, 5) is 13.2. The number of sulfonamides is 2. The summed E-state index contributed by atoms with van der Waals surface area (Å²) in [5.74, 6) is -0.284. The summed E-state index contributed by atoms with van der Waals surface area (Å²) < 4.78 is 53.7. The van der Waals surface area contributed by atoms with Gasteiger partial charge in [-0.3, -0.25) is 9.52 Å². The number of thiophene rings is 1. The first kappa shape index (κ1) is 23.7. The Kier molecular flexibility index (Phi) is 7.40. The van der Waals surface area contributed by atoms with Gasteiger partial charge in [-0.2, -0.15) is 4.31 Å². The number of rotatable bonds is 9. The van der Waals surface area contributed by atoms with Crippen LogP contribution in [0.25, 0.3) is 0 Å². The van der Waals surface area contributed by atoms with Crippen LogP contribution in [0.2, 0.25) is 0 Å². The highest BCUT2D eigenvalue weighted by molar-refractivity contribution is 7.92. The van der Waals surface area contributed by atoms with Gasteiger partial charge in [-0.15, -0.1) is 11.3 Å². The van der Waals surface area contributed by atoms with Crippen LogP contribution < -0.4 is 10.0 Å². The molecular weight excluding hydrogens is 458 g/mol. The van der Waals surface area contributed by atoms with Crippen LogP contribution in [0.15, 0.2) is 34.5 Å². The average molecular weight is 486 g/mol. The lowest BCUT2D eigenvalue weighted by atomic mass is 10.1. The third-order valence-electron chi connectivity index (χ3n) is 4.98. The first-order valence-corrected chi connectivity index (χ1v) is 14.0. The van der Waals surface area contributed by atoms with Gasteiger partial charge in [0.15, 0.2) is 0 Å². The second-order valence-electron chi connectivity index (χ2n) is 7.46. The van der Waals surface area contributed by atoms with Crippen molar-refractivity contribution in [1.82, 2.24) is 4.31 Å². The average Bonchev–Trinajstić information content (AvgIpc) is 3.37. The zero-order valence-corrected chi connectivity index (χ0v) is 20.0. The van der Waals surface area contributed by atoms with Gasteiger partial charge in [0.25, 0.3) is 10.0 Å². The van der Waals surface area contributed by atoms with Crippen molar-refractivity contribution in [2.24, 2.45) is 0 Å². The number of amides is 1. The fourth-order valence-electron chi connectivity index (χ4n) is 3.37. The van der Waals surface area contributed by atoms with E-state index in [0.29, 0.717) is 41.3 Å². The SMILES string of the molecule is CCCS(=O)(=O)Nc1cccc(NC(=O)Cc2ccc(S(=O)(=O)N3CCCC3)s2)c1C. The molecule has 1 aliphatic heterocycles. The second kappa shape index (κ2) is 9.68. The molecular formula is C20H27N3O5S3. The Balaban J connectivity index is 1.68. The number of carbonyl (C=O) groups excluding carboxylic acids is 1. The van der Waals surface area contributed by atoms with Gasteiger partial charge in [-0.25, -0.2) is 16.8 Å². The molecule has 0 unspecified atom stereocenters. The third kappa shape index (κ3) is 5.85. The molecule has 1 aliphatic rings. The molecule has 31 heavy (non-hydrogen) atoms. The van der Waals surface area contributed by atoms with E-state index < -0.39 is 20.0 Å². The maximum absolute atomic E-state index is 12.6. The number of hydrogen-bond acceptors (Lipinski definition) is 6. The number of nitrogens with zero attached hydrogens (tertiary/aromatic N) is 1. The molecule has 0 atom stereocenters. The van der Waals surface area contributed by atoms with Crippen molar-refractivity contribution in [2.75, 3.05) is 28.9 Å². The van der Waals surface area contributed by atoms with Crippen LogP contribution in [-0.2, 0) is 31.3 Å². The number of benzene rings is 1. The van der Waals surface area contributed by atoms with E-state index in [9.17, 15) is 21.6 Å². The summed E-state index contributed by atoms with van der Waals surface area (Å²) in [6.45, 7) is 4.59. The smallest absolute Gasteiger partial charge is 0.252 e. The maximum Gasteiger partial charge on any atom is 0.252 e. The molecule has 2 heterocycles. The van der Waals surface area contributed by atoms with Crippen LogP contribution in [0.3, 0.4) is 0 Å². The molecule has 2 N–H and O–H groups in total. The van der Waals surface area contributed by atoms with E-state index in [1.807, 2.05) is 0 Å². The van der Waals surface area contributed by atoms with Crippen molar-refractivity contribution in [1.29, 1.82) is 0 Å². The van der Waals surface area contributed by atoms with E-state index >= 15 is 0 Å². The number of carbonyl (C=O) groups is 1. The molecule has 0 saturated carbocycles. The van der Waals surface area contributed by atoms with E-state index in [1.54, 1.807) is 44.2 Å². The molecule has 1 fully saturated rings. The Morgan fingerprint density at radius 3 is 2.42 bits per heavy atom. The Morgan fingerprint density at radius 2 is 1.74 bits per heavy atom. The third-order valence-corrected chi connectivity index (χ3v) is 9.91. The van der Waals surface area contributed by atoms with Crippen LogP contribution >= 0.6 is 11.3 Å². The van der Waals surface area contributed by atoms with Gasteiger partial charge in [0.05, 0.1) is 17.9 Å². The standard InChI is InChI=1S/C20H27N3O5S3/c1-3-13-30(25,26)22-18-8-6-7-17(15(18)2)21-19(24)14-16-9-10-20(29-16)31(27,28)23-11-4-5-12-23/h6-10,22H,3-5,11-14H2,1-2H3,(H,21,24). The van der Waals surface area contributed by atoms with Crippen molar-refractivity contribution in [3.8, 4) is 0 Å². The van der Waals surface area contributed by atoms with E-state index in [1.165, 1.54) is 4.31 Å². The van der Waals surface area contributed by atoms with Crippen molar-refractivity contribution >= 4 is 48.7 Å². The largest absolute Gasteiger partial charge is 0.325 e. The molecule has 0 spiro atoms. The van der Waals surface area contributed by atoms with Crippen molar-refractivity contribution < 1.29 is 21.6 Å². The minimum atomic E-state index is -3.49. The zero-order chi connectivity index (χ0) is 22.6. The van der Waals surface area contributed by atoms with Gasteiger partial charge in [0.2, 0.25) is 15.9 Å². The Morgan fingerprint density at radius 1 is 1.06 bits per heavy atom. The number of anilines is 2. The molecule has 1 aromatic carbocycles. The highest BCUT2D eigenvalue weighted by Crippen LogP contribution is 2.28. The quantitative estimate of drug-likeness (QED) is 0.566. The molecule has 1 aromatic heterocycles. The summed E-state index contributed by atoms with van der Waals surface area (Å²) >= 11 is 1.10. The second-order valence-corrected chi connectivity index (χ2v) is 12.6. The molecule has 3 rings (SSSR count). The molecule has 0 bridgehead atoms. The number of nitrogens with one attached hydrogen (secondary N) is 2. The summed E-state index contributed by atoms with van der Waals surface area (Å²) in [6.07, 6.45) is 2.27. The van der Waals surface area contributed by atoms with E-state index in [2.05, 4.69) is 10.0 Å². The summed E-state index contributed by atoms with van der Waals surface area (Å²) in [5.41, 5.74) is 1.53. The molecule has 11 heteroatoms. The van der Waals surface area contributed by atoms with E-state index in [-0.39, 0.29) is 22.3 Å². The Labute approximate surface area is 187 Å². The fourth-order valence-corrected chi connectivity index (χ4v) is 7.59. The van der Waals surface area contributed by atoms with Crippen LogP contribution in [0, 0.1) is 6.92 Å². The van der Waals surface area contributed by atoms with Crippen LogP contribution in [0.1, 0.15) is 36.6 Å². The van der Waals surface area contributed by atoms with Crippen LogP contribution in [0.4, 0.5) is 11.4 Å². The minimum absolute atomic E-state index is 0.0179. The van der Waals surface area contributed by atoms with Gasteiger partial charge >= 0.3 is 0 Å². The first-order chi connectivity index (χ1) is 14.6. The van der Waals surface area contributed by atoms with Crippen LogP contribution in [-0.4, -0.2) is 45.9 Å². The Bertz CT molecular complexity index is 1150. The van der Waals surface area contributed by atoms with Gasteiger partial charge in [0, 0.05) is 23.7 Å². The minimum Gasteiger partial charge on any atom is -0.325 e. The van der Waals surface area contributed by atoms with Gasteiger partial charge < -0.3 is 5.32 Å². The number of hydrogen-bond donors (Lipinski definition) is 2. The van der Waals surface area contributed by atoms with Crippen molar-refractivity contribution in [3.05, 3.63) is 40.8 Å². The lowest BCUT2D eigenvalue weighted by Crippen LogP contribution is -2.27. The van der Waals surface area contributed by atoms with Crippen molar-refractivity contribution in [2.45, 2.75) is 43.7 Å². The van der Waals surface area contributed by atoms with Crippen molar-refractivity contribution in [3.63, 3.8) is 0 Å². The van der Waals surface area contributed by atoms with E-state index in [0.717, 1.165) is 24.2 Å². The summed E-state index contributed by atoms with van der Waals surface area (Å²) in [6, 6.07) is 8.22. The molecule has 170 valence electrons. The lowest BCUT2D eigenvalue weighted by Gasteiger charge is -2.14. The molecule has 1 saturated heterocycles. The fraction of sp³-hybridized carbons (Fsp3) is 0.450. The highest BCUT2D eigenvalue weighted by atomic mass is 32.2.